The molecule has 6 heteroatoms. The largest absolute Gasteiger partial charge is 0.343 e. The molecule has 0 saturated carbocycles. The highest BCUT2D eigenvalue weighted by Gasteiger charge is 2.34. The molecule has 2 unspecified atom stereocenters. The van der Waals surface area contributed by atoms with E-state index in [0.29, 0.717) is 36.9 Å². The molecule has 27 heavy (non-hydrogen) atoms. The van der Waals surface area contributed by atoms with Crippen LogP contribution in [0.5, 0.6) is 0 Å². The van der Waals surface area contributed by atoms with Gasteiger partial charge in [0.05, 0.1) is 17.4 Å². The van der Waals surface area contributed by atoms with Gasteiger partial charge < -0.3 is 9.47 Å². The molecule has 2 saturated heterocycles. The van der Waals surface area contributed by atoms with Gasteiger partial charge in [-0.1, -0.05) is 26.0 Å². The predicted octanol–water partition coefficient (Wildman–Crippen LogP) is 2.56. The van der Waals surface area contributed by atoms with Crippen molar-refractivity contribution in [2.75, 3.05) is 13.1 Å². The van der Waals surface area contributed by atoms with Crippen LogP contribution < -0.4 is 10.9 Å². The third-order valence-corrected chi connectivity index (χ3v) is 6.32. The number of piperidine rings is 1. The van der Waals surface area contributed by atoms with E-state index >= 15 is 0 Å². The Labute approximate surface area is 161 Å². The van der Waals surface area contributed by atoms with Gasteiger partial charge >= 0.3 is 0 Å². The Morgan fingerprint density at radius 2 is 2.00 bits per heavy atom. The minimum Gasteiger partial charge on any atom is -0.343 e. The molecule has 0 spiro atoms. The van der Waals surface area contributed by atoms with Crippen LogP contribution in [-0.2, 0) is 11.3 Å². The second-order valence-electron chi connectivity index (χ2n) is 8.38. The van der Waals surface area contributed by atoms with Crippen LogP contribution in [-0.4, -0.2) is 45.5 Å². The zero-order valence-corrected chi connectivity index (χ0v) is 16.4. The number of likely N-dealkylation sites (tertiary alicyclic amines) is 1. The van der Waals surface area contributed by atoms with Gasteiger partial charge in [0.25, 0.3) is 0 Å². The molecule has 0 aliphatic carbocycles. The summed E-state index contributed by atoms with van der Waals surface area (Å²) >= 11 is 0. The van der Waals surface area contributed by atoms with Gasteiger partial charge in [-0.25, -0.2) is 4.98 Å². The minimum atomic E-state index is 0.267. The van der Waals surface area contributed by atoms with Gasteiger partial charge in [0.1, 0.15) is 0 Å². The molecular formula is C21H31N5O. The van der Waals surface area contributed by atoms with Gasteiger partial charge in [0.2, 0.25) is 5.91 Å². The lowest BCUT2D eigenvalue weighted by atomic mass is 9.85. The number of hydrogen-bond donors (Lipinski definition) is 2. The summed E-state index contributed by atoms with van der Waals surface area (Å²) in [6.07, 6.45) is 5.79. The van der Waals surface area contributed by atoms with Crippen molar-refractivity contribution in [3.8, 4) is 0 Å². The van der Waals surface area contributed by atoms with E-state index in [1.165, 1.54) is 6.42 Å². The van der Waals surface area contributed by atoms with E-state index in [-0.39, 0.29) is 5.91 Å². The average molecular weight is 370 g/mol. The first-order valence-corrected chi connectivity index (χ1v) is 10.3. The summed E-state index contributed by atoms with van der Waals surface area (Å²) in [4.78, 5) is 19.1. The molecule has 1 aromatic carbocycles. The van der Waals surface area contributed by atoms with Gasteiger partial charge in [0, 0.05) is 38.1 Å². The van der Waals surface area contributed by atoms with Crippen molar-refractivity contribution in [2.24, 2.45) is 11.8 Å². The second kappa shape index (κ2) is 7.98. The molecule has 2 fully saturated rings. The SMILES string of the molecule is CC(C)C1CC(C2CCN(C(=O)CCn3cnc4ccccc43)CC2)NN1. The van der Waals surface area contributed by atoms with Crippen molar-refractivity contribution in [1.29, 1.82) is 0 Å². The molecule has 0 bridgehead atoms. The summed E-state index contributed by atoms with van der Waals surface area (Å²) in [6, 6.07) is 9.20. The van der Waals surface area contributed by atoms with Crippen molar-refractivity contribution in [2.45, 2.75) is 58.2 Å². The number of nitrogens with zero attached hydrogens (tertiary/aromatic N) is 3. The highest BCUT2D eigenvalue weighted by atomic mass is 16.2. The van der Waals surface area contributed by atoms with Gasteiger partial charge in [0.15, 0.2) is 0 Å². The van der Waals surface area contributed by atoms with Crippen LogP contribution in [0.1, 0.15) is 39.5 Å². The van der Waals surface area contributed by atoms with Crippen molar-refractivity contribution >= 4 is 16.9 Å². The maximum atomic E-state index is 12.7. The first-order valence-electron chi connectivity index (χ1n) is 10.3. The number of aryl methyl sites for hydroxylation is 1. The Bertz CT molecular complexity index is 778. The molecular weight excluding hydrogens is 338 g/mol. The number of fused-ring (bicyclic) bond motifs is 1. The van der Waals surface area contributed by atoms with Crippen LogP contribution >= 0.6 is 0 Å². The first-order chi connectivity index (χ1) is 13.1. The predicted molar refractivity (Wildman–Crippen MR) is 107 cm³/mol. The molecule has 0 radical (unpaired) electrons. The van der Waals surface area contributed by atoms with Gasteiger partial charge in [-0.15, -0.1) is 0 Å². The molecule has 146 valence electrons. The number of amides is 1. The molecule has 2 aliphatic rings. The lowest BCUT2D eigenvalue weighted by molar-refractivity contribution is -0.132. The van der Waals surface area contributed by atoms with Crippen LogP contribution in [0.3, 0.4) is 0 Å². The molecule has 2 N–H and O–H groups in total. The number of rotatable bonds is 5. The molecule has 2 aromatic rings. The van der Waals surface area contributed by atoms with E-state index in [4.69, 9.17) is 0 Å². The van der Waals surface area contributed by atoms with Crippen LogP contribution in [0.25, 0.3) is 11.0 Å². The van der Waals surface area contributed by atoms with E-state index < -0.39 is 0 Å². The number of carbonyl (C=O) groups is 1. The van der Waals surface area contributed by atoms with Crippen LogP contribution in [0.15, 0.2) is 30.6 Å². The number of hydrazine groups is 1. The zero-order valence-electron chi connectivity index (χ0n) is 16.4. The minimum absolute atomic E-state index is 0.267. The van der Waals surface area contributed by atoms with Gasteiger partial charge in [-0.2, -0.15) is 0 Å². The number of carbonyl (C=O) groups excluding carboxylic acids is 1. The quantitative estimate of drug-likeness (QED) is 0.850. The summed E-state index contributed by atoms with van der Waals surface area (Å²) in [5, 5.41) is 0. The Balaban J connectivity index is 1.25. The maximum absolute atomic E-state index is 12.7. The van der Waals surface area contributed by atoms with Crippen molar-refractivity contribution in [3.63, 3.8) is 0 Å². The van der Waals surface area contributed by atoms with Crippen molar-refractivity contribution < 1.29 is 4.79 Å². The second-order valence-corrected chi connectivity index (χ2v) is 8.38. The van der Waals surface area contributed by atoms with Gasteiger partial charge in [-0.3, -0.25) is 15.6 Å². The normalized spacial score (nSPS) is 24.2. The maximum Gasteiger partial charge on any atom is 0.224 e. The van der Waals surface area contributed by atoms with E-state index in [1.807, 2.05) is 24.5 Å². The van der Waals surface area contributed by atoms with E-state index in [1.54, 1.807) is 0 Å². The van der Waals surface area contributed by atoms with Crippen LogP contribution in [0.2, 0.25) is 0 Å². The molecule has 2 aliphatic heterocycles. The Morgan fingerprint density at radius 3 is 2.74 bits per heavy atom. The Morgan fingerprint density at radius 1 is 1.22 bits per heavy atom. The lowest BCUT2D eigenvalue weighted by Gasteiger charge is -2.34. The van der Waals surface area contributed by atoms with Crippen LogP contribution in [0.4, 0.5) is 0 Å². The van der Waals surface area contributed by atoms with Gasteiger partial charge in [-0.05, 0) is 43.2 Å². The zero-order chi connectivity index (χ0) is 18.8. The molecule has 1 amide bonds. The topological polar surface area (TPSA) is 62.2 Å². The fourth-order valence-electron chi connectivity index (χ4n) is 4.47. The van der Waals surface area contributed by atoms with E-state index in [9.17, 15) is 4.79 Å². The monoisotopic (exact) mass is 369 g/mol. The summed E-state index contributed by atoms with van der Waals surface area (Å²) in [5.74, 6) is 1.59. The van der Waals surface area contributed by atoms with Crippen molar-refractivity contribution in [3.05, 3.63) is 30.6 Å². The highest BCUT2D eigenvalue weighted by Crippen LogP contribution is 2.27. The first kappa shape index (κ1) is 18.4. The van der Waals surface area contributed by atoms with E-state index in [0.717, 1.165) is 37.0 Å². The summed E-state index contributed by atoms with van der Waals surface area (Å²) < 4.78 is 2.08. The lowest BCUT2D eigenvalue weighted by Crippen LogP contribution is -2.45. The Kier molecular flexibility index (Phi) is 5.45. The van der Waals surface area contributed by atoms with Crippen molar-refractivity contribution in [1.82, 2.24) is 25.3 Å². The molecule has 4 rings (SSSR count). The number of imidazole rings is 1. The number of para-hydroxylation sites is 2. The third kappa shape index (κ3) is 4.01. The Hall–Kier alpha value is -1.92. The summed E-state index contributed by atoms with van der Waals surface area (Å²) in [5.41, 5.74) is 9.04. The molecule has 1 aromatic heterocycles. The standard InChI is InChI=1S/C21H31N5O/c1-15(2)18-13-19(24-23-18)16-7-10-25(11-8-16)21(27)9-12-26-14-22-17-5-3-4-6-20(17)26/h3-6,14-16,18-19,23-24H,7-13H2,1-2H3. The fourth-order valence-corrected chi connectivity index (χ4v) is 4.47. The third-order valence-electron chi connectivity index (χ3n) is 6.32. The number of aromatic nitrogens is 2. The van der Waals surface area contributed by atoms with Crippen LogP contribution in [0, 0.1) is 11.8 Å². The molecule has 3 heterocycles. The highest BCUT2D eigenvalue weighted by molar-refractivity contribution is 5.77. The smallest absolute Gasteiger partial charge is 0.224 e. The molecule has 2 atom stereocenters. The average Bonchev–Trinajstić information content (AvgIpc) is 3.34. The fraction of sp³-hybridized carbons (Fsp3) is 0.619. The summed E-state index contributed by atoms with van der Waals surface area (Å²) in [6.45, 7) is 7.01. The van der Waals surface area contributed by atoms with E-state index in [2.05, 4.69) is 45.2 Å². The number of hydrogen-bond acceptors (Lipinski definition) is 4. The molecule has 6 nitrogen and oxygen atoms in total. The number of nitrogens with one attached hydrogen (secondary N) is 2. The summed E-state index contributed by atoms with van der Waals surface area (Å²) in [7, 11) is 0. The number of benzene rings is 1.